The number of hydrogen-bond acceptors (Lipinski definition) is 4. The van der Waals surface area contributed by atoms with E-state index in [2.05, 4.69) is 16.4 Å². The molecule has 0 amide bonds. The van der Waals surface area contributed by atoms with Gasteiger partial charge in [-0.05, 0) is 25.0 Å². The van der Waals surface area contributed by atoms with Crippen molar-refractivity contribution in [1.82, 2.24) is 4.98 Å². The monoisotopic (exact) mass is 216 g/mol. The van der Waals surface area contributed by atoms with Crippen molar-refractivity contribution in [3.05, 3.63) is 23.9 Å². The van der Waals surface area contributed by atoms with Gasteiger partial charge in [-0.1, -0.05) is 12.8 Å². The Morgan fingerprint density at radius 3 is 3.00 bits per heavy atom. The Morgan fingerprint density at radius 2 is 2.25 bits per heavy atom. The van der Waals surface area contributed by atoms with Crippen molar-refractivity contribution in [2.75, 3.05) is 5.32 Å². The van der Waals surface area contributed by atoms with Gasteiger partial charge in [-0.3, -0.25) is 0 Å². The van der Waals surface area contributed by atoms with Crippen LogP contribution in [0.25, 0.3) is 0 Å². The molecule has 0 radical (unpaired) electrons. The van der Waals surface area contributed by atoms with E-state index in [-0.39, 0.29) is 12.1 Å². The number of anilines is 1. The molecule has 84 valence electrons. The van der Waals surface area contributed by atoms with Crippen LogP contribution in [-0.2, 0) is 0 Å². The lowest BCUT2D eigenvalue weighted by atomic mass is 9.91. The predicted molar refractivity (Wildman–Crippen MR) is 62.8 cm³/mol. The molecule has 0 aromatic carbocycles. The van der Waals surface area contributed by atoms with Crippen LogP contribution in [0.4, 0.5) is 5.82 Å². The summed E-state index contributed by atoms with van der Waals surface area (Å²) in [5.41, 5.74) is 6.67. The summed E-state index contributed by atoms with van der Waals surface area (Å²) in [4.78, 5) is 4.20. The van der Waals surface area contributed by atoms with Gasteiger partial charge in [0.1, 0.15) is 5.82 Å². The highest BCUT2D eigenvalue weighted by Crippen LogP contribution is 2.20. The van der Waals surface area contributed by atoms with Crippen molar-refractivity contribution in [2.24, 2.45) is 5.73 Å². The van der Waals surface area contributed by atoms with Gasteiger partial charge in [0, 0.05) is 18.3 Å². The van der Waals surface area contributed by atoms with Crippen molar-refractivity contribution >= 4 is 5.82 Å². The summed E-state index contributed by atoms with van der Waals surface area (Å²) in [6.45, 7) is 0. The zero-order valence-electron chi connectivity index (χ0n) is 9.19. The maximum atomic E-state index is 8.79. The van der Waals surface area contributed by atoms with E-state index in [9.17, 15) is 0 Å². The molecule has 0 saturated heterocycles. The van der Waals surface area contributed by atoms with Crippen LogP contribution in [0.5, 0.6) is 0 Å². The minimum atomic E-state index is 0.196. The summed E-state index contributed by atoms with van der Waals surface area (Å²) in [7, 11) is 0. The van der Waals surface area contributed by atoms with Crippen molar-refractivity contribution in [3.8, 4) is 6.07 Å². The standard InChI is InChI=1S/C12H16N4/c13-8-9-5-6-15-12(7-9)16-11-4-2-1-3-10(11)14/h5-7,10-11H,1-4,14H2,(H,15,16). The van der Waals surface area contributed by atoms with Crippen LogP contribution in [0.3, 0.4) is 0 Å². The van der Waals surface area contributed by atoms with Gasteiger partial charge in [0.05, 0.1) is 11.6 Å². The Balaban J connectivity index is 2.05. The van der Waals surface area contributed by atoms with E-state index < -0.39 is 0 Å². The number of pyridine rings is 1. The number of nitrogens with one attached hydrogen (secondary N) is 1. The van der Waals surface area contributed by atoms with Gasteiger partial charge in [0.15, 0.2) is 0 Å². The highest BCUT2D eigenvalue weighted by Gasteiger charge is 2.21. The van der Waals surface area contributed by atoms with Crippen LogP contribution in [0.1, 0.15) is 31.2 Å². The fourth-order valence-corrected chi connectivity index (χ4v) is 2.11. The van der Waals surface area contributed by atoms with E-state index >= 15 is 0 Å². The number of nitrogens with two attached hydrogens (primary N) is 1. The maximum Gasteiger partial charge on any atom is 0.127 e. The summed E-state index contributed by atoms with van der Waals surface area (Å²) in [5, 5.41) is 12.1. The Morgan fingerprint density at radius 1 is 1.44 bits per heavy atom. The molecule has 16 heavy (non-hydrogen) atoms. The summed E-state index contributed by atoms with van der Waals surface area (Å²) in [6.07, 6.45) is 6.22. The van der Waals surface area contributed by atoms with Crippen LogP contribution in [-0.4, -0.2) is 17.1 Å². The van der Waals surface area contributed by atoms with Gasteiger partial charge in [-0.25, -0.2) is 4.98 Å². The van der Waals surface area contributed by atoms with Crippen molar-refractivity contribution < 1.29 is 0 Å². The van der Waals surface area contributed by atoms with E-state index in [1.165, 1.54) is 12.8 Å². The molecule has 0 aliphatic heterocycles. The minimum absolute atomic E-state index is 0.196. The highest BCUT2D eigenvalue weighted by molar-refractivity contribution is 5.43. The first-order chi connectivity index (χ1) is 7.79. The lowest BCUT2D eigenvalue weighted by Gasteiger charge is -2.29. The van der Waals surface area contributed by atoms with E-state index in [1.807, 2.05) is 0 Å². The highest BCUT2D eigenvalue weighted by atomic mass is 15.0. The summed E-state index contributed by atoms with van der Waals surface area (Å²) in [6, 6.07) is 6.05. The number of hydrogen-bond donors (Lipinski definition) is 2. The number of aromatic nitrogens is 1. The first-order valence-corrected chi connectivity index (χ1v) is 5.68. The Kier molecular flexibility index (Phi) is 3.37. The largest absolute Gasteiger partial charge is 0.366 e. The van der Waals surface area contributed by atoms with Gasteiger partial charge < -0.3 is 11.1 Å². The first-order valence-electron chi connectivity index (χ1n) is 5.68. The molecule has 0 spiro atoms. The van der Waals surface area contributed by atoms with Crippen LogP contribution in [0.15, 0.2) is 18.3 Å². The van der Waals surface area contributed by atoms with E-state index in [0.717, 1.165) is 18.7 Å². The molecular formula is C12H16N4. The van der Waals surface area contributed by atoms with Crippen molar-refractivity contribution in [2.45, 2.75) is 37.8 Å². The number of rotatable bonds is 2. The number of nitriles is 1. The molecule has 1 saturated carbocycles. The molecule has 0 bridgehead atoms. The Labute approximate surface area is 95.5 Å². The first kappa shape index (κ1) is 10.9. The summed E-state index contributed by atoms with van der Waals surface area (Å²) in [5.74, 6) is 0.751. The molecule has 1 aliphatic rings. The Bertz CT molecular complexity index is 396. The van der Waals surface area contributed by atoms with Gasteiger partial charge in [-0.15, -0.1) is 0 Å². The predicted octanol–water partition coefficient (Wildman–Crippen LogP) is 1.64. The van der Waals surface area contributed by atoms with Crippen LogP contribution < -0.4 is 11.1 Å². The minimum Gasteiger partial charge on any atom is -0.366 e. The molecule has 4 nitrogen and oxygen atoms in total. The lowest BCUT2D eigenvalue weighted by molar-refractivity contribution is 0.403. The van der Waals surface area contributed by atoms with Crippen molar-refractivity contribution in [1.29, 1.82) is 5.26 Å². The topological polar surface area (TPSA) is 74.7 Å². The fourth-order valence-electron chi connectivity index (χ4n) is 2.11. The van der Waals surface area contributed by atoms with Gasteiger partial charge >= 0.3 is 0 Å². The molecule has 2 rings (SSSR count). The van der Waals surface area contributed by atoms with Gasteiger partial charge in [0.2, 0.25) is 0 Å². The maximum absolute atomic E-state index is 8.79. The normalized spacial score (nSPS) is 24.8. The second-order valence-corrected chi connectivity index (χ2v) is 4.24. The fraction of sp³-hybridized carbons (Fsp3) is 0.500. The second kappa shape index (κ2) is 4.95. The third-order valence-electron chi connectivity index (χ3n) is 3.04. The molecular weight excluding hydrogens is 200 g/mol. The summed E-state index contributed by atoms with van der Waals surface area (Å²) >= 11 is 0. The average molecular weight is 216 g/mol. The molecule has 2 atom stereocenters. The SMILES string of the molecule is N#Cc1ccnc(NC2CCCCC2N)c1. The smallest absolute Gasteiger partial charge is 0.127 e. The van der Waals surface area contributed by atoms with Gasteiger partial charge in [-0.2, -0.15) is 5.26 Å². The van der Waals surface area contributed by atoms with Crippen molar-refractivity contribution in [3.63, 3.8) is 0 Å². The zero-order valence-corrected chi connectivity index (χ0v) is 9.19. The third-order valence-corrected chi connectivity index (χ3v) is 3.04. The number of nitrogens with zero attached hydrogens (tertiary/aromatic N) is 2. The van der Waals surface area contributed by atoms with Crippen LogP contribution in [0, 0.1) is 11.3 Å². The van der Waals surface area contributed by atoms with E-state index in [4.69, 9.17) is 11.0 Å². The van der Waals surface area contributed by atoms with Crippen LogP contribution in [0.2, 0.25) is 0 Å². The van der Waals surface area contributed by atoms with E-state index in [1.54, 1.807) is 18.3 Å². The molecule has 1 aliphatic carbocycles. The molecule has 4 heteroatoms. The van der Waals surface area contributed by atoms with Crippen LogP contribution >= 0.6 is 0 Å². The quantitative estimate of drug-likeness (QED) is 0.788. The summed E-state index contributed by atoms with van der Waals surface area (Å²) < 4.78 is 0. The van der Waals surface area contributed by atoms with E-state index in [0.29, 0.717) is 5.56 Å². The Hall–Kier alpha value is -1.60. The second-order valence-electron chi connectivity index (χ2n) is 4.24. The molecule has 3 N–H and O–H groups in total. The molecule has 1 heterocycles. The average Bonchev–Trinajstić information content (AvgIpc) is 2.32. The molecule has 1 aromatic rings. The molecule has 2 unspecified atom stereocenters. The lowest BCUT2D eigenvalue weighted by Crippen LogP contribution is -2.42. The third kappa shape index (κ3) is 2.50. The molecule has 1 fully saturated rings. The van der Waals surface area contributed by atoms with Gasteiger partial charge in [0.25, 0.3) is 0 Å². The zero-order chi connectivity index (χ0) is 11.4. The molecule has 1 aromatic heterocycles.